The molecule has 0 fully saturated rings. The van der Waals surface area contributed by atoms with Crippen LogP contribution in [0.5, 0.6) is 23.0 Å². The maximum atomic E-state index is 13.6. The topological polar surface area (TPSA) is 173 Å². The van der Waals surface area contributed by atoms with Crippen LogP contribution in [-0.2, 0) is 12.2 Å². The normalized spacial score (nSPS) is 17.4. The second-order valence-electron chi connectivity index (χ2n) is 9.68. The van der Waals surface area contributed by atoms with E-state index in [2.05, 4.69) is 0 Å². The van der Waals surface area contributed by atoms with Crippen molar-refractivity contribution in [3.8, 4) is 23.0 Å². The number of aromatic hydroxyl groups is 4. The number of aliphatic hydroxyl groups is 2. The number of aryl methyl sites for hydroxylation is 1. The van der Waals surface area contributed by atoms with Crippen LogP contribution >= 0.6 is 0 Å². The van der Waals surface area contributed by atoms with Gasteiger partial charge >= 0.3 is 0 Å². The fourth-order valence-corrected chi connectivity index (χ4v) is 5.70. The van der Waals surface area contributed by atoms with Gasteiger partial charge in [-0.2, -0.15) is 0 Å². The van der Waals surface area contributed by atoms with Gasteiger partial charge in [-0.05, 0) is 54.4 Å². The third kappa shape index (κ3) is 3.05. The van der Waals surface area contributed by atoms with Gasteiger partial charge in [0.25, 0.3) is 0 Å². The number of hydrogen-bond donors (Lipinski definition) is 6. The van der Waals surface area contributed by atoms with Gasteiger partial charge in [0, 0.05) is 27.8 Å². The van der Waals surface area contributed by atoms with Crippen LogP contribution < -0.4 is 0 Å². The molecule has 0 aliphatic heterocycles. The third-order valence-electron chi connectivity index (χ3n) is 7.41. The predicted molar refractivity (Wildman–Crippen MR) is 135 cm³/mol. The van der Waals surface area contributed by atoms with Crippen molar-refractivity contribution in [3.63, 3.8) is 0 Å². The highest BCUT2D eigenvalue weighted by Crippen LogP contribution is 2.52. The Labute approximate surface area is 220 Å². The van der Waals surface area contributed by atoms with Gasteiger partial charge in [0.1, 0.15) is 28.6 Å². The van der Waals surface area contributed by atoms with Gasteiger partial charge in [0.05, 0.1) is 28.9 Å². The van der Waals surface area contributed by atoms with Crippen molar-refractivity contribution in [1.82, 2.24) is 0 Å². The maximum absolute atomic E-state index is 13.6. The van der Waals surface area contributed by atoms with Gasteiger partial charge in [-0.25, -0.2) is 0 Å². The highest BCUT2D eigenvalue weighted by molar-refractivity contribution is 6.30. The standard InChI is InChI=1S/C30H20O9/c1-12-7-15-22(20(33)8-12)28(37)23-14(26(15)35)5-6-17(27(23)36)30(39)16-3-2-4-19(32)24(16)29(38)25-18(30)9-13(11-31)10-21(25)34/h2-10,31-34,36,39H,11H2,1H3/t30-/m0/s1. The van der Waals surface area contributed by atoms with E-state index >= 15 is 0 Å². The number of carbonyl (C=O) groups excluding carboxylic acids is 3. The van der Waals surface area contributed by atoms with Gasteiger partial charge in [-0.1, -0.05) is 18.2 Å². The molecule has 0 heterocycles. The van der Waals surface area contributed by atoms with E-state index in [0.29, 0.717) is 5.56 Å². The minimum Gasteiger partial charge on any atom is -0.507 e. The molecule has 2 aliphatic carbocycles. The summed E-state index contributed by atoms with van der Waals surface area (Å²) in [6.45, 7) is 1.09. The first-order valence-corrected chi connectivity index (χ1v) is 11.9. The fraction of sp³-hybridized carbons (Fsp3) is 0.100. The van der Waals surface area contributed by atoms with Crippen molar-refractivity contribution in [2.45, 2.75) is 19.1 Å². The number of benzene rings is 4. The maximum Gasteiger partial charge on any atom is 0.201 e. The molecule has 2 aliphatic rings. The van der Waals surface area contributed by atoms with E-state index in [-0.39, 0.29) is 50.1 Å². The molecule has 0 saturated carbocycles. The molecule has 6 N–H and O–H groups in total. The van der Waals surface area contributed by atoms with Gasteiger partial charge in [-0.3, -0.25) is 14.4 Å². The number of ketones is 3. The van der Waals surface area contributed by atoms with Crippen LogP contribution in [0.25, 0.3) is 0 Å². The SMILES string of the molecule is Cc1cc(O)c2c(c1)C(=O)c1ccc([C@@]3(O)c4cccc(O)c4C(=O)c4c(O)cc(CO)cc43)c(O)c1C2=O. The molecule has 0 radical (unpaired) electrons. The van der Waals surface area contributed by atoms with E-state index in [4.69, 9.17) is 0 Å². The Morgan fingerprint density at radius 1 is 0.641 bits per heavy atom. The minimum atomic E-state index is -2.43. The fourth-order valence-electron chi connectivity index (χ4n) is 5.70. The van der Waals surface area contributed by atoms with E-state index in [1.165, 1.54) is 48.5 Å². The number of phenolic OH excluding ortho intramolecular Hbond substituents is 4. The summed E-state index contributed by atoms with van der Waals surface area (Å²) in [5, 5.41) is 65.5. The van der Waals surface area contributed by atoms with E-state index in [1.54, 1.807) is 6.92 Å². The summed E-state index contributed by atoms with van der Waals surface area (Å²) in [4.78, 5) is 40.3. The lowest BCUT2D eigenvalue weighted by molar-refractivity contribution is 0.0924. The Bertz CT molecular complexity index is 1820. The molecule has 0 saturated heterocycles. The van der Waals surface area contributed by atoms with E-state index in [9.17, 15) is 45.0 Å². The zero-order valence-corrected chi connectivity index (χ0v) is 20.3. The van der Waals surface area contributed by atoms with Gasteiger partial charge < -0.3 is 30.6 Å². The Balaban J connectivity index is 1.70. The second-order valence-corrected chi connectivity index (χ2v) is 9.68. The summed E-state index contributed by atoms with van der Waals surface area (Å²) in [5.74, 6) is -4.58. The molecule has 0 spiro atoms. The Morgan fingerprint density at radius 3 is 2.03 bits per heavy atom. The molecule has 0 bridgehead atoms. The van der Waals surface area contributed by atoms with Crippen molar-refractivity contribution in [1.29, 1.82) is 0 Å². The highest BCUT2D eigenvalue weighted by Gasteiger charge is 2.49. The van der Waals surface area contributed by atoms with Crippen LogP contribution in [-0.4, -0.2) is 48.0 Å². The molecule has 39 heavy (non-hydrogen) atoms. The number of carbonyl (C=O) groups is 3. The number of phenols is 4. The summed E-state index contributed by atoms with van der Waals surface area (Å²) in [5.41, 5.74) is -4.09. The van der Waals surface area contributed by atoms with Crippen molar-refractivity contribution in [2.75, 3.05) is 0 Å². The summed E-state index contributed by atoms with van der Waals surface area (Å²) >= 11 is 0. The largest absolute Gasteiger partial charge is 0.507 e. The lowest BCUT2D eigenvalue weighted by Crippen LogP contribution is -2.37. The van der Waals surface area contributed by atoms with Crippen molar-refractivity contribution < 1.29 is 45.0 Å². The lowest BCUT2D eigenvalue weighted by Gasteiger charge is -2.38. The molecular weight excluding hydrogens is 504 g/mol. The van der Waals surface area contributed by atoms with Crippen LogP contribution in [0.4, 0.5) is 0 Å². The monoisotopic (exact) mass is 524 g/mol. The Morgan fingerprint density at radius 2 is 1.31 bits per heavy atom. The van der Waals surface area contributed by atoms with Crippen LogP contribution in [0.3, 0.4) is 0 Å². The first-order chi connectivity index (χ1) is 18.5. The molecule has 4 aromatic rings. The number of fused-ring (bicyclic) bond motifs is 4. The molecule has 194 valence electrons. The van der Waals surface area contributed by atoms with Crippen molar-refractivity contribution in [3.05, 3.63) is 116 Å². The van der Waals surface area contributed by atoms with Crippen LogP contribution in [0.1, 0.15) is 75.6 Å². The first kappa shape index (κ1) is 24.4. The van der Waals surface area contributed by atoms with Crippen LogP contribution in [0.15, 0.2) is 54.6 Å². The molecule has 9 nitrogen and oxygen atoms in total. The molecule has 6 rings (SSSR count). The van der Waals surface area contributed by atoms with Gasteiger partial charge in [-0.15, -0.1) is 0 Å². The average molecular weight is 524 g/mol. The summed E-state index contributed by atoms with van der Waals surface area (Å²) < 4.78 is 0. The average Bonchev–Trinajstić information content (AvgIpc) is 2.89. The lowest BCUT2D eigenvalue weighted by atomic mass is 9.68. The molecular formula is C30H20O9. The third-order valence-corrected chi connectivity index (χ3v) is 7.41. The number of rotatable bonds is 2. The molecule has 1 atom stereocenters. The molecule has 0 aromatic heterocycles. The minimum absolute atomic E-state index is 0.0303. The van der Waals surface area contributed by atoms with Crippen molar-refractivity contribution >= 4 is 17.3 Å². The van der Waals surface area contributed by atoms with E-state index < -0.39 is 58.1 Å². The predicted octanol–water partition coefficient (Wildman–Crippen LogP) is 2.91. The summed E-state index contributed by atoms with van der Waals surface area (Å²) in [7, 11) is 0. The Kier molecular flexibility index (Phi) is 5.00. The zero-order chi connectivity index (χ0) is 28.0. The highest BCUT2D eigenvalue weighted by atomic mass is 16.3. The number of aliphatic hydroxyl groups excluding tert-OH is 1. The first-order valence-electron chi connectivity index (χ1n) is 11.9. The molecule has 9 heteroatoms. The smallest absolute Gasteiger partial charge is 0.201 e. The molecule has 4 aromatic carbocycles. The van der Waals surface area contributed by atoms with E-state index in [0.717, 1.165) is 6.07 Å². The second kappa shape index (κ2) is 8.00. The van der Waals surface area contributed by atoms with Crippen molar-refractivity contribution in [2.24, 2.45) is 0 Å². The summed E-state index contributed by atoms with van der Waals surface area (Å²) in [6, 6.07) is 11.6. The Hall–Kier alpha value is -4.99. The van der Waals surface area contributed by atoms with Crippen LogP contribution in [0, 0.1) is 6.92 Å². The van der Waals surface area contributed by atoms with Crippen LogP contribution in [0.2, 0.25) is 0 Å². The van der Waals surface area contributed by atoms with E-state index in [1.807, 2.05) is 0 Å². The molecule has 0 amide bonds. The quantitative estimate of drug-likeness (QED) is 0.203. The van der Waals surface area contributed by atoms with Gasteiger partial charge in [0.15, 0.2) is 5.78 Å². The zero-order valence-electron chi connectivity index (χ0n) is 20.3. The van der Waals surface area contributed by atoms with Gasteiger partial charge in [0.2, 0.25) is 11.6 Å². The summed E-state index contributed by atoms with van der Waals surface area (Å²) in [6.07, 6.45) is 0. The number of hydrogen-bond acceptors (Lipinski definition) is 9. The molecule has 0 unspecified atom stereocenters.